The van der Waals surface area contributed by atoms with E-state index in [9.17, 15) is 4.79 Å². The van der Waals surface area contributed by atoms with Crippen LogP contribution in [0.25, 0.3) is 0 Å². The number of hydrogen-bond donors (Lipinski definition) is 1. The van der Waals surface area contributed by atoms with Gasteiger partial charge in [-0.05, 0) is 47.2 Å². The van der Waals surface area contributed by atoms with Gasteiger partial charge in [-0.1, -0.05) is 19.8 Å². The molecule has 0 aliphatic heterocycles. The molecule has 0 saturated heterocycles. The van der Waals surface area contributed by atoms with E-state index < -0.39 is 5.54 Å². The van der Waals surface area contributed by atoms with Gasteiger partial charge in [0.15, 0.2) is 0 Å². The maximum Gasteiger partial charge on any atom is 0.325 e. The number of carbonyl (C=O) groups excluding carboxylic acids is 1. The van der Waals surface area contributed by atoms with E-state index in [0.29, 0.717) is 0 Å². The van der Waals surface area contributed by atoms with E-state index in [2.05, 4.69) is 24.2 Å². The van der Waals surface area contributed by atoms with Crippen LogP contribution in [0.1, 0.15) is 53.4 Å². The van der Waals surface area contributed by atoms with Crippen LogP contribution in [0.2, 0.25) is 0 Å². The second-order valence-corrected chi connectivity index (χ2v) is 5.88. The number of ether oxygens (including phenoxy) is 1. The quantitative estimate of drug-likeness (QED) is 0.490. The predicted octanol–water partition coefficient (Wildman–Crippen LogP) is 2.43. The Morgan fingerprint density at radius 1 is 1.32 bits per heavy atom. The van der Waals surface area contributed by atoms with E-state index in [4.69, 9.17) is 4.74 Å². The molecule has 4 nitrogen and oxygen atoms in total. The van der Waals surface area contributed by atoms with Crippen LogP contribution in [-0.4, -0.2) is 49.7 Å². The first-order valence-corrected chi connectivity index (χ1v) is 7.40. The van der Waals surface area contributed by atoms with Crippen LogP contribution in [-0.2, 0) is 9.53 Å². The van der Waals surface area contributed by atoms with Crippen LogP contribution >= 0.6 is 0 Å². The minimum Gasteiger partial charge on any atom is -0.468 e. The summed E-state index contributed by atoms with van der Waals surface area (Å²) in [5.74, 6) is -0.178. The summed E-state index contributed by atoms with van der Waals surface area (Å²) in [6, 6.07) is 0.259. The number of nitrogens with zero attached hydrogens (tertiary/aromatic N) is 1. The van der Waals surface area contributed by atoms with Crippen molar-refractivity contribution < 1.29 is 9.53 Å². The van der Waals surface area contributed by atoms with Gasteiger partial charge in [0, 0.05) is 12.6 Å². The normalized spacial score (nSPS) is 14.7. The first-order valence-electron chi connectivity index (χ1n) is 7.40. The Labute approximate surface area is 118 Å². The zero-order valence-corrected chi connectivity index (χ0v) is 13.6. The van der Waals surface area contributed by atoms with Gasteiger partial charge in [0.2, 0.25) is 0 Å². The molecular formula is C15H32N2O2. The lowest BCUT2D eigenvalue weighted by atomic mass is 9.96. The number of nitrogens with one attached hydrogen (secondary N) is 1. The zero-order valence-electron chi connectivity index (χ0n) is 13.6. The first kappa shape index (κ1) is 18.4. The second-order valence-electron chi connectivity index (χ2n) is 5.88. The molecule has 114 valence electrons. The molecule has 1 atom stereocenters. The summed E-state index contributed by atoms with van der Waals surface area (Å²) in [6.45, 7) is 10.2. The highest BCUT2D eigenvalue weighted by Crippen LogP contribution is 2.14. The van der Waals surface area contributed by atoms with Gasteiger partial charge in [0.25, 0.3) is 0 Å². The van der Waals surface area contributed by atoms with Gasteiger partial charge in [0.05, 0.1) is 7.11 Å². The van der Waals surface area contributed by atoms with Crippen LogP contribution in [0.5, 0.6) is 0 Å². The standard InChI is InChI=1S/C15H32N2O2/c1-7-8-9-11-17(5)12-10-15(4,14(18)19-6)16-13(2)3/h13,16H,7-12H2,1-6H3. The number of rotatable bonds is 10. The molecule has 0 amide bonds. The summed E-state index contributed by atoms with van der Waals surface area (Å²) in [4.78, 5) is 14.2. The molecular weight excluding hydrogens is 240 g/mol. The van der Waals surface area contributed by atoms with E-state index in [-0.39, 0.29) is 12.0 Å². The molecule has 0 bridgehead atoms. The van der Waals surface area contributed by atoms with E-state index in [1.54, 1.807) is 0 Å². The van der Waals surface area contributed by atoms with Crippen molar-refractivity contribution in [3.63, 3.8) is 0 Å². The third-order valence-corrected chi connectivity index (χ3v) is 3.38. The van der Waals surface area contributed by atoms with Crippen LogP contribution in [0.15, 0.2) is 0 Å². The fourth-order valence-electron chi connectivity index (χ4n) is 2.25. The van der Waals surface area contributed by atoms with Crippen molar-refractivity contribution in [2.75, 3.05) is 27.2 Å². The molecule has 0 saturated carbocycles. The van der Waals surface area contributed by atoms with Crippen molar-refractivity contribution in [1.82, 2.24) is 10.2 Å². The minimum atomic E-state index is -0.595. The molecule has 1 N–H and O–H groups in total. The number of esters is 1. The van der Waals surface area contributed by atoms with Gasteiger partial charge in [-0.2, -0.15) is 0 Å². The molecule has 0 rings (SSSR count). The molecule has 19 heavy (non-hydrogen) atoms. The summed E-state index contributed by atoms with van der Waals surface area (Å²) in [5.41, 5.74) is -0.595. The van der Waals surface area contributed by atoms with Crippen molar-refractivity contribution in [2.24, 2.45) is 0 Å². The molecule has 0 heterocycles. The fourth-order valence-corrected chi connectivity index (χ4v) is 2.25. The Bertz CT molecular complexity index is 257. The summed E-state index contributed by atoms with van der Waals surface area (Å²) >= 11 is 0. The van der Waals surface area contributed by atoms with Crippen molar-refractivity contribution >= 4 is 5.97 Å². The highest BCUT2D eigenvalue weighted by atomic mass is 16.5. The summed E-state index contributed by atoms with van der Waals surface area (Å²) < 4.78 is 4.93. The average molecular weight is 272 g/mol. The Hall–Kier alpha value is -0.610. The highest BCUT2D eigenvalue weighted by Gasteiger charge is 2.34. The predicted molar refractivity (Wildman–Crippen MR) is 80.3 cm³/mol. The number of unbranched alkanes of at least 4 members (excludes halogenated alkanes) is 2. The lowest BCUT2D eigenvalue weighted by Crippen LogP contribution is -2.54. The summed E-state index contributed by atoms with van der Waals surface area (Å²) in [5, 5.41) is 3.33. The zero-order chi connectivity index (χ0) is 14.9. The monoisotopic (exact) mass is 272 g/mol. The van der Waals surface area contributed by atoms with Crippen molar-refractivity contribution in [2.45, 2.75) is 65.0 Å². The topological polar surface area (TPSA) is 41.6 Å². The van der Waals surface area contributed by atoms with E-state index in [1.165, 1.54) is 26.4 Å². The molecule has 1 unspecified atom stereocenters. The molecule has 0 aromatic carbocycles. The molecule has 0 aliphatic rings. The van der Waals surface area contributed by atoms with Crippen molar-refractivity contribution in [3.05, 3.63) is 0 Å². The molecule has 4 heteroatoms. The number of hydrogen-bond acceptors (Lipinski definition) is 4. The lowest BCUT2D eigenvalue weighted by molar-refractivity contribution is -0.148. The maximum absolute atomic E-state index is 11.9. The van der Waals surface area contributed by atoms with Crippen LogP contribution in [0, 0.1) is 0 Å². The Morgan fingerprint density at radius 2 is 1.95 bits per heavy atom. The smallest absolute Gasteiger partial charge is 0.325 e. The molecule has 0 aromatic rings. The molecule has 0 spiro atoms. The van der Waals surface area contributed by atoms with E-state index in [1.807, 2.05) is 20.8 Å². The van der Waals surface area contributed by atoms with Gasteiger partial charge in [-0.25, -0.2) is 0 Å². The van der Waals surface area contributed by atoms with Gasteiger partial charge in [0.1, 0.15) is 5.54 Å². The van der Waals surface area contributed by atoms with Crippen molar-refractivity contribution in [1.29, 1.82) is 0 Å². The molecule has 0 aliphatic carbocycles. The molecule has 0 aromatic heterocycles. The number of carbonyl (C=O) groups is 1. The van der Waals surface area contributed by atoms with E-state index >= 15 is 0 Å². The Balaban J connectivity index is 4.29. The fraction of sp³-hybridized carbons (Fsp3) is 0.933. The van der Waals surface area contributed by atoms with Gasteiger partial charge >= 0.3 is 5.97 Å². The maximum atomic E-state index is 11.9. The third-order valence-electron chi connectivity index (χ3n) is 3.38. The lowest BCUT2D eigenvalue weighted by Gasteiger charge is -2.32. The minimum absolute atomic E-state index is 0.178. The Morgan fingerprint density at radius 3 is 2.42 bits per heavy atom. The Kier molecular flexibility index (Phi) is 9.02. The molecule has 0 radical (unpaired) electrons. The largest absolute Gasteiger partial charge is 0.468 e. The van der Waals surface area contributed by atoms with Gasteiger partial charge in [-0.3, -0.25) is 10.1 Å². The van der Waals surface area contributed by atoms with Crippen LogP contribution in [0.3, 0.4) is 0 Å². The first-order chi connectivity index (χ1) is 8.85. The SMILES string of the molecule is CCCCCN(C)CCC(C)(NC(C)C)C(=O)OC. The van der Waals surface area contributed by atoms with Crippen LogP contribution in [0.4, 0.5) is 0 Å². The number of methoxy groups -OCH3 is 1. The second kappa shape index (κ2) is 9.32. The van der Waals surface area contributed by atoms with Gasteiger partial charge < -0.3 is 9.64 Å². The summed E-state index contributed by atoms with van der Waals surface area (Å²) in [6.07, 6.45) is 4.49. The summed E-state index contributed by atoms with van der Waals surface area (Å²) in [7, 11) is 3.57. The van der Waals surface area contributed by atoms with E-state index in [0.717, 1.165) is 19.5 Å². The van der Waals surface area contributed by atoms with Crippen LogP contribution < -0.4 is 5.32 Å². The third kappa shape index (κ3) is 7.53. The van der Waals surface area contributed by atoms with Gasteiger partial charge in [-0.15, -0.1) is 0 Å². The van der Waals surface area contributed by atoms with Crippen molar-refractivity contribution in [3.8, 4) is 0 Å². The molecule has 0 fully saturated rings. The average Bonchev–Trinajstić information content (AvgIpc) is 2.35. The highest BCUT2D eigenvalue weighted by molar-refractivity contribution is 5.80.